The number of anilines is 1. The van der Waals surface area contributed by atoms with E-state index in [2.05, 4.69) is 24.0 Å². The summed E-state index contributed by atoms with van der Waals surface area (Å²) in [5.41, 5.74) is 8.03. The zero-order chi connectivity index (χ0) is 12.1. The van der Waals surface area contributed by atoms with E-state index in [4.69, 9.17) is 5.73 Å². The van der Waals surface area contributed by atoms with Crippen LogP contribution in [0.25, 0.3) is 0 Å². The normalized spacial score (nSPS) is 21.6. The standard InChI is InChI=1S/C15H24N2/c1-13-5-3-9-17(12-13)10-4-7-14-6-2-8-15(16)11-14/h2,6,8,11,13H,3-5,7,9-10,12,16H2,1H3. The number of likely N-dealkylation sites (tertiary alicyclic amines) is 1. The van der Waals surface area contributed by atoms with Crippen molar-refractivity contribution in [2.45, 2.75) is 32.6 Å². The third-order valence-electron chi connectivity index (χ3n) is 3.63. The lowest BCUT2D eigenvalue weighted by Gasteiger charge is -2.30. The lowest BCUT2D eigenvalue weighted by atomic mass is 10.00. The maximum absolute atomic E-state index is 5.78. The Balaban J connectivity index is 1.72. The average molecular weight is 232 g/mol. The van der Waals surface area contributed by atoms with E-state index < -0.39 is 0 Å². The van der Waals surface area contributed by atoms with Gasteiger partial charge >= 0.3 is 0 Å². The molecule has 1 aliphatic heterocycles. The highest BCUT2D eigenvalue weighted by Gasteiger charge is 2.15. The number of piperidine rings is 1. The molecule has 1 saturated heterocycles. The van der Waals surface area contributed by atoms with Crippen LogP contribution in [0, 0.1) is 5.92 Å². The van der Waals surface area contributed by atoms with E-state index in [0.29, 0.717) is 0 Å². The van der Waals surface area contributed by atoms with Crippen LogP contribution >= 0.6 is 0 Å². The molecule has 1 fully saturated rings. The van der Waals surface area contributed by atoms with Gasteiger partial charge in [-0.25, -0.2) is 0 Å². The predicted octanol–water partition coefficient (Wildman–Crippen LogP) is 2.93. The van der Waals surface area contributed by atoms with Gasteiger partial charge in [-0.15, -0.1) is 0 Å². The summed E-state index contributed by atoms with van der Waals surface area (Å²) >= 11 is 0. The van der Waals surface area contributed by atoms with Crippen molar-refractivity contribution >= 4 is 5.69 Å². The molecule has 17 heavy (non-hydrogen) atoms. The molecule has 0 radical (unpaired) electrons. The molecular formula is C15H24N2. The van der Waals surface area contributed by atoms with Gasteiger partial charge in [0.2, 0.25) is 0 Å². The molecule has 0 bridgehead atoms. The fraction of sp³-hybridized carbons (Fsp3) is 0.600. The molecule has 0 aromatic heterocycles. The first-order chi connectivity index (χ1) is 8.24. The number of aryl methyl sites for hydroxylation is 1. The van der Waals surface area contributed by atoms with Gasteiger partial charge in [0.05, 0.1) is 0 Å². The topological polar surface area (TPSA) is 29.3 Å². The number of nitrogens with zero attached hydrogens (tertiary/aromatic N) is 1. The SMILES string of the molecule is CC1CCCN(CCCc2cccc(N)c2)C1. The largest absolute Gasteiger partial charge is 0.399 e. The van der Waals surface area contributed by atoms with E-state index in [1.165, 1.54) is 44.5 Å². The van der Waals surface area contributed by atoms with Crippen molar-refractivity contribution in [1.82, 2.24) is 4.90 Å². The maximum Gasteiger partial charge on any atom is 0.0316 e. The Hall–Kier alpha value is -1.02. The zero-order valence-corrected chi connectivity index (χ0v) is 10.9. The Morgan fingerprint density at radius 3 is 3.06 bits per heavy atom. The van der Waals surface area contributed by atoms with E-state index in [1.54, 1.807) is 0 Å². The highest BCUT2D eigenvalue weighted by Crippen LogP contribution is 2.16. The Labute approximate surface area is 105 Å². The molecule has 2 heteroatoms. The fourth-order valence-corrected chi connectivity index (χ4v) is 2.75. The van der Waals surface area contributed by atoms with E-state index in [1.807, 2.05) is 12.1 Å². The van der Waals surface area contributed by atoms with Crippen LogP contribution in [-0.2, 0) is 6.42 Å². The summed E-state index contributed by atoms with van der Waals surface area (Å²) in [5.74, 6) is 0.885. The molecule has 1 aromatic carbocycles. The molecule has 0 aliphatic carbocycles. The van der Waals surface area contributed by atoms with Crippen LogP contribution in [0.5, 0.6) is 0 Å². The Morgan fingerprint density at radius 2 is 2.29 bits per heavy atom. The molecular weight excluding hydrogens is 208 g/mol. The monoisotopic (exact) mass is 232 g/mol. The molecule has 1 atom stereocenters. The van der Waals surface area contributed by atoms with Crippen LogP contribution in [-0.4, -0.2) is 24.5 Å². The quantitative estimate of drug-likeness (QED) is 0.809. The first-order valence-corrected chi connectivity index (χ1v) is 6.81. The highest BCUT2D eigenvalue weighted by molar-refractivity contribution is 5.40. The Bertz CT molecular complexity index is 349. The molecule has 94 valence electrons. The molecule has 2 N–H and O–H groups in total. The van der Waals surface area contributed by atoms with E-state index in [-0.39, 0.29) is 0 Å². The van der Waals surface area contributed by atoms with Crippen LogP contribution in [0.2, 0.25) is 0 Å². The lowest BCUT2D eigenvalue weighted by Crippen LogP contribution is -2.35. The molecule has 0 spiro atoms. The van der Waals surface area contributed by atoms with Crippen molar-refractivity contribution in [2.75, 3.05) is 25.4 Å². The van der Waals surface area contributed by atoms with Gasteiger partial charge in [-0.05, 0) is 62.4 Å². The first kappa shape index (κ1) is 12.4. The third-order valence-corrected chi connectivity index (χ3v) is 3.63. The molecule has 1 aromatic rings. The van der Waals surface area contributed by atoms with Crippen LogP contribution in [0.15, 0.2) is 24.3 Å². The van der Waals surface area contributed by atoms with Gasteiger partial charge in [0.15, 0.2) is 0 Å². The summed E-state index contributed by atoms with van der Waals surface area (Å²) in [6, 6.07) is 8.28. The number of nitrogen functional groups attached to an aromatic ring is 1. The maximum atomic E-state index is 5.78. The van der Waals surface area contributed by atoms with Crippen molar-refractivity contribution in [3.05, 3.63) is 29.8 Å². The number of rotatable bonds is 4. The molecule has 1 heterocycles. The average Bonchev–Trinajstić information content (AvgIpc) is 2.29. The minimum absolute atomic E-state index is 0.883. The van der Waals surface area contributed by atoms with E-state index in [0.717, 1.165) is 18.0 Å². The predicted molar refractivity (Wildman–Crippen MR) is 74.0 cm³/mol. The minimum atomic E-state index is 0.883. The van der Waals surface area contributed by atoms with Crippen LogP contribution < -0.4 is 5.73 Å². The summed E-state index contributed by atoms with van der Waals surface area (Å²) in [6.45, 7) is 6.18. The summed E-state index contributed by atoms with van der Waals surface area (Å²) < 4.78 is 0. The summed E-state index contributed by atoms with van der Waals surface area (Å²) in [6.07, 6.45) is 5.18. The number of nitrogens with two attached hydrogens (primary N) is 1. The first-order valence-electron chi connectivity index (χ1n) is 6.81. The smallest absolute Gasteiger partial charge is 0.0316 e. The second-order valence-corrected chi connectivity index (χ2v) is 5.40. The van der Waals surface area contributed by atoms with Crippen molar-refractivity contribution in [1.29, 1.82) is 0 Å². The van der Waals surface area contributed by atoms with Crippen molar-refractivity contribution in [3.8, 4) is 0 Å². The fourth-order valence-electron chi connectivity index (χ4n) is 2.75. The van der Waals surface area contributed by atoms with Gasteiger partial charge in [0.25, 0.3) is 0 Å². The molecule has 2 nitrogen and oxygen atoms in total. The van der Waals surface area contributed by atoms with Gasteiger partial charge < -0.3 is 10.6 Å². The van der Waals surface area contributed by atoms with Crippen molar-refractivity contribution in [2.24, 2.45) is 5.92 Å². The van der Waals surface area contributed by atoms with Crippen LogP contribution in [0.3, 0.4) is 0 Å². The Kier molecular flexibility index (Phi) is 4.43. The molecule has 1 aliphatic rings. The van der Waals surface area contributed by atoms with Gasteiger partial charge in [-0.2, -0.15) is 0 Å². The number of hydrogen-bond acceptors (Lipinski definition) is 2. The van der Waals surface area contributed by atoms with Crippen LogP contribution in [0.4, 0.5) is 5.69 Å². The highest BCUT2D eigenvalue weighted by atomic mass is 15.1. The van der Waals surface area contributed by atoms with Gasteiger partial charge in [0.1, 0.15) is 0 Å². The van der Waals surface area contributed by atoms with Gasteiger partial charge in [-0.1, -0.05) is 19.1 Å². The Morgan fingerprint density at radius 1 is 1.41 bits per heavy atom. The summed E-state index contributed by atoms with van der Waals surface area (Å²) in [7, 11) is 0. The second-order valence-electron chi connectivity index (χ2n) is 5.40. The van der Waals surface area contributed by atoms with Gasteiger partial charge in [0, 0.05) is 12.2 Å². The summed E-state index contributed by atoms with van der Waals surface area (Å²) in [5, 5.41) is 0. The minimum Gasteiger partial charge on any atom is -0.399 e. The van der Waals surface area contributed by atoms with E-state index >= 15 is 0 Å². The molecule has 0 amide bonds. The number of benzene rings is 1. The van der Waals surface area contributed by atoms with Crippen molar-refractivity contribution in [3.63, 3.8) is 0 Å². The zero-order valence-electron chi connectivity index (χ0n) is 10.9. The summed E-state index contributed by atoms with van der Waals surface area (Å²) in [4.78, 5) is 2.61. The molecule has 0 saturated carbocycles. The van der Waals surface area contributed by atoms with Gasteiger partial charge in [-0.3, -0.25) is 0 Å². The van der Waals surface area contributed by atoms with Crippen molar-refractivity contribution < 1.29 is 0 Å². The van der Waals surface area contributed by atoms with E-state index in [9.17, 15) is 0 Å². The third kappa shape index (κ3) is 4.04. The second kappa shape index (κ2) is 6.06. The lowest BCUT2D eigenvalue weighted by molar-refractivity contribution is 0.182. The molecule has 2 rings (SSSR count). The molecule has 1 unspecified atom stereocenters. The van der Waals surface area contributed by atoms with Crippen LogP contribution in [0.1, 0.15) is 31.7 Å². The number of hydrogen-bond donors (Lipinski definition) is 1.